The van der Waals surface area contributed by atoms with E-state index in [1.54, 1.807) is 6.07 Å². The van der Waals surface area contributed by atoms with Crippen LogP contribution in [0.2, 0.25) is 4.34 Å². The Morgan fingerprint density at radius 1 is 1.56 bits per heavy atom. The lowest BCUT2D eigenvalue weighted by Crippen LogP contribution is -2.46. The van der Waals surface area contributed by atoms with E-state index in [4.69, 9.17) is 22.4 Å². The van der Waals surface area contributed by atoms with Crippen molar-refractivity contribution in [3.8, 4) is 0 Å². The van der Waals surface area contributed by atoms with Crippen molar-refractivity contribution in [2.75, 3.05) is 6.54 Å². The van der Waals surface area contributed by atoms with Crippen molar-refractivity contribution in [2.24, 2.45) is 5.73 Å². The van der Waals surface area contributed by atoms with Gasteiger partial charge in [0.1, 0.15) is 0 Å². The average molecular weight is 263 g/mol. The Bertz CT molecular complexity index is 394. The molecule has 1 heterocycles. The van der Waals surface area contributed by atoms with Gasteiger partial charge in [0.15, 0.2) is 6.04 Å². The molecule has 0 aliphatic rings. The molecule has 0 aliphatic heterocycles. The van der Waals surface area contributed by atoms with Crippen LogP contribution in [0.3, 0.4) is 0 Å². The Morgan fingerprint density at radius 3 is 2.75 bits per heavy atom. The number of carboxylic acid groups (broad SMARTS) is 1. The zero-order chi connectivity index (χ0) is 12.1. The van der Waals surface area contributed by atoms with E-state index in [0.717, 1.165) is 4.88 Å². The highest BCUT2D eigenvalue weighted by Gasteiger charge is 2.20. The summed E-state index contributed by atoms with van der Waals surface area (Å²) in [6, 6.07) is 2.12. The number of nitrogens with two attached hydrogens (primary N) is 1. The van der Waals surface area contributed by atoms with Crippen LogP contribution in [0.15, 0.2) is 12.1 Å². The molecular formula is C9H11ClN2O3S. The molecular weight excluding hydrogens is 252 g/mol. The minimum absolute atomic E-state index is 0.344. The lowest BCUT2D eigenvalue weighted by Gasteiger charge is -2.07. The van der Waals surface area contributed by atoms with Crippen molar-refractivity contribution >= 4 is 34.8 Å². The SMILES string of the molecule is NC(C(=O)O)C(=O)NCCc1ccc(Cl)s1. The van der Waals surface area contributed by atoms with Crippen molar-refractivity contribution in [3.63, 3.8) is 0 Å². The minimum Gasteiger partial charge on any atom is -0.480 e. The highest BCUT2D eigenvalue weighted by molar-refractivity contribution is 7.16. The monoisotopic (exact) mass is 262 g/mol. The number of carboxylic acids is 1. The van der Waals surface area contributed by atoms with Crippen molar-refractivity contribution in [1.29, 1.82) is 0 Å². The zero-order valence-corrected chi connectivity index (χ0v) is 9.85. The number of rotatable bonds is 5. The molecule has 4 N–H and O–H groups in total. The molecule has 0 aliphatic carbocycles. The summed E-state index contributed by atoms with van der Waals surface area (Å²) in [7, 11) is 0. The number of aliphatic carboxylic acids is 1. The summed E-state index contributed by atoms with van der Waals surface area (Å²) in [6.07, 6.45) is 0.607. The van der Waals surface area contributed by atoms with E-state index < -0.39 is 17.9 Å². The average Bonchev–Trinajstić information content (AvgIpc) is 2.62. The van der Waals surface area contributed by atoms with E-state index in [-0.39, 0.29) is 0 Å². The Morgan fingerprint density at radius 2 is 2.25 bits per heavy atom. The Labute approximate surface area is 101 Å². The van der Waals surface area contributed by atoms with Gasteiger partial charge in [-0.3, -0.25) is 4.79 Å². The van der Waals surface area contributed by atoms with Crippen LogP contribution in [0.25, 0.3) is 0 Å². The predicted molar refractivity (Wildman–Crippen MR) is 61.7 cm³/mol. The van der Waals surface area contributed by atoms with Gasteiger partial charge in [0, 0.05) is 11.4 Å². The van der Waals surface area contributed by atoms with Crippen molar-refractivity contribution < 1.29 is 14.7 Å². The molecule has 0 aromatic carbocycles. The number of carbonyl (C=O) groups is 2. The fourth-order valence-corrected chi connectivity index (χ4v) is 2.10. The van der Waals surface area contributed by atoms with E-state index in [0.29, 0.717) is 17.3 Å². The largest absolute Gasteiger partial charge is 0.480 e. The molecule has 1 aromatic heterocycles. The summed E-state index contributed by atoms with van der Waals surface area (Å²) in [6.45, 7) is 0.344. The number of hydrogen-bond donors (Lipinski definition) is 3. The minimum atomic E-state index is -1.51. The second kappa shape index (κ2) is 5.83. The van der Waals surface area contributed by atoms with Crippen molar-refractivity contribution in [1.82, 2.24) is 5.32 Å². The maximum Gasteiger partial charge on any atom is 0.330 e. The normalized spacial score (nSPS) is 12.1. The smallest absolute Gasteiger partial charge is 0.330 e. The lowest BCUT2D eigenvalue weighted by molar-refractivity contribution is -0.142. The molecule has 16 heavy (non-hydrogen) atoms. The first-order valence-corrected chi connectivity index (χ1v) is 5.70. The Kier molecular flexibility index (Phi) is 4.72. The van der Waals surface area contributed by atoms with Gasteiger partial charge in [-0.25, -0.2) is 4.79 Å². The summed E-state index contributed by atoms with van der Waals surface area (Å²) >= 11 is 7.15. The number of carbonyl (C=O) groups excluding carboxylic acids is 1. The van der Waals surface area contributed by atoms with Gasteiger partial charge in [-0.05, 0) is 18.6 Å². The maximum absolute atomic E-state index is 11.1. The van der Waals surface area contributed by atoms with Gasteiger partial charge in [0.05, 0.1) is 4.34 Å². The van der Waals surface area contributed by atoms with Crippen molar-refractivity contribution in [3.05, 3.63) is 21.3 Å². The standard InChI is InChI=1S/C9H11ClN2O3S/c10-6-2-1-5(16-6)3-4-12-8(13)7(11)9(14)15/h1-2,7H,3-4,11H2,(H,12,13)(H,14,15). The Hall–Kier alpha value is -1.11. The molecule has 0 spiro atoms. The number of amides is 1. The molecule has 1 rings (SSSR count). The van der Waals surface area contributed by atoms with E-state index in [1.165, 1.54) is 11.3 Å². The summed E-state index contributed by atoms with van der Waals surface area (Å²) < 4.78 is 0.684. The molecule has 1 aromatic rings. The highest BCUT2D eigenvalue weighted by atomic mass is 35.5. The first-order chi connectivity index (χ1) is 7.50. The van der Waals surface area contributed by atoms with Gasteiger partial charge >= 0.3 is 5.97 Å². The summed E-state index contributed by atoms with van der Waals surface area (Å²) in [5.74, 6) is -2.02. The van der Waals surface area contributed by atoms with Gasteiger partial charge in [-0.1, -0.05) is 11.6 Å². The van der Waals surface area contributed by atoms with E-state index >= 15 is 0 Å². The molecule has 0 bridgehead atoms. The molecule has 0 saturated carbocycles. The Balaban J connectivity index is 2.30. The van der Waals surface area contributed by atoms with Crippen LogP contribution in [0, 0.1) is 0 Å². The third kappa shape index (κ3) is 3.80. The van der Waals surface area contributed by atoms with Gasteiger partial charge in [0.25, 0.3) is 0 Å². The van der Waals surface area contributed by atoms with E-state index in [1.807, 2.05) is 6.07 Å². The fraction of sp³-hybridized carbons (Fsp3) is 0.333. The number of thiophene rings is 1. The molecule has 1 atom stereocenters. The van der Waals surface area contributed by atoms with Crippen LogP contribution in [0.4, 0.5) is 0 Å². The van der Waals surface area contributed by atoms with Crippen molar-refractivity contribution in [2.45, 2.75) is 12.5 Å². The maximum atomic E-state index is 11.1. The molecule has 5 nitrogen and oxygen atoms in total. The first kappa shape index (κ1) is 13.0. The quantitative estimate of drug-likeness (QED) is 0.673. The van der Waals surface area contributed by atoms with Gasteiger partial charge in [0.2, 0.25) is 5.91 Å². The lowest BCUT2D eigenvalue weighted by atomic mass is 10.3. The van der Waals surface area contributed by atoms with Gasteiger partial charge in [-0.2, -0.15) is 0 Å². The third-order valence-electron chi connectivity index (χ3n) is 1.85. The van der Waals surface area contributed by atoms with Gasteiger partial charge in [-0.15, -0.1) is 11.3 Å². The predicted octanol–water partition coefficient (Wildman–Crippen LogP) is 0.472. The number of nitrogens with one attached hydrogen (secondary N) is 1. The van der Waals surface area contributed by atoms with Crippen LogP contribution in [0.5, 0.6) is 0 Å². The molecule has 0 radical (unpaired) electrons. The van der Waals surface area contributed by atoms with Crippen LogP contribution >= 0.6 is 22.9 Å². The highest BCUT2D eigenvalue weighted by Crippen LogP contribution is 2.21. The topological polar surface area (TPSA) is 92.4 Å². The van der Waals surface area contributed by atoms with E-state index in [9.17, 15) is 9.59 Å². The number of halogens is 1. The summed E-state index contributed by atoms with van der Waals surface area (Å²) in [5.41, 5.74) is 5.11. The van der Waals surface area contributed by atoms with Crippen LogP contribution in [-0.4, -0.2) is 29.6 Å². The molecule has 7 heteroatoms. The van der Waals surface area contributed by atoms with Gasteiger partial charge < -0.3 is 16.2 Å². The third-order valence-corrected chi connectivity index (χ3v) is 3.14. The molecule has 1 unspecified atom stereocenters. The second-order valence-corrected chi connectivity index (χ2v) is 4.86. The fourth-order valence-electron chi connectivity index (χ4n) is 1.02. The molecule has 0 fully saturated rings. The molecule has 0 saturated heterocycles. The summed E-state index contributed by atoms with van der Waals surface area (Å²) in [4.78, 5) is 22.5. The first-order valence-electron chi connectivity index (χ1n) is 4.51. The summed E-state index contributed by atoms with van der Waals surface area (Å²) in [5, 5.41) is 10.9. The number of hydrogen-bond acceptors (Lipinski definition) is 4. The van der Waals surface area contributed by atoms with Crippen LogP contribution < -0.4 is 11.1 Å². The zero-order valence-electron chi connectivity index (χ0n) is 8.27. The van der Waals surface area contributed by atoms with E-state index in [2.05, 4.69) is 5.32 Å². The second-order valence-electron chi connectivity index (χ2n) is 3.06. The van der Waals surface area contributed by atoms with Crippen LogP contribution in [0.1, 0.15) is 4.88 Å². The molecule has 88 valence electrons. The van der Waals surface area contributed by atoms with Crippen LogP contribution in [-0.2, 0) is 16.0 Å². The molecule has 1 amide bonds.